The van der Waals surface area contributed by atoms with Crippen LogP contribution in [0.1, 0.15) is 15.9 Å². The van der Waals surface area contributed by atoms with Gasteiger partial charge in [-0.15, -0.1) is 0 Å². The van der Waals surface area contributed by atoms with Crippen molar-refractivity contribution < 1.29 is 9.90 Å². The van der Waals surface area contributed by atoms with Crippen LogP contribution in [0.4, 0.5) is 5.69 Å². The van der Waals surface area contributed by atoms with Crippen molar-refractivity contribution >= 4 is 27.5 Å². The number of amides is 1. The lowest BCUT2D eigenvalue weighted by molar-refractivity contribution is 0.0951. The molecular weight excluding hydrogens is 308 g/mol. The second-order valence-corrected chi connectivity index (χ2v) is 4.94. The van der Waals surface area contributed by atoms with Gasteiger partial charge in [0.05, 0.1) is 0 Å². The van der Waals surface area contributed by atoms with E-state index in [0.717, 1.165) is 5.56 Å². The van der Waals surface area contributed by atoms with E-state index in [2.05, 4.69) is 21.2 Å². The number of aromatic hydroxyl groups is 1. The summed E-state index contributed by atoms with van der Waals surface area (Å²) in [7, 11) is 0. The van der Waals surface area contributed by atoms with Gasteiger partial charge in [-0.3, -0.25) is 4.79 Å². The van der Waals surface area contributed by atoms with Crippen LogP contribution in [0.2, 0.25) is 0 Å². The fraction of sp³-hybridized carbons (Fsp3) is 0.0714. The summed E-state index contributed by atoms with van der Waals surface area (Å²) in [4.78, 5) is 11.9. The fourth-order valence-electron chi connectivity index (χ4n) is 1.57. The highest BCUT2D eigenvalue weighted by Crippen LogP contribution is 2.20. The van der Waals surface area contributed by atoms with Gasteiger partial charge in [-0.2, -0.15) is 0 Å². The minimum absolute atomic E-state index is 0.172. The summed E-state index contributed by atoms with van der Waals surface area (Å²) < 4.78 is 0.699. The molecule has 2 aromatic rings. The molecule has 0 radical (unpaired) electrons. The molecule has 19 heavy (non-hydrogen) atoms. The van der Waals surface area contributed by atoms with Crippen LogP contribution in [0.5, 0.6) is 5.75 Å². The molecule has 0 aliphatic rings. The van der Waals surface area contributed by atoms with Gasteiger partial charge < -0.3 is 16.2 Å². The number of hydrogen-bond acceptors (Lipinski definition) is 3. The molecule has 0 atom stereocenters. The Kier molecular flexibility index (Phi) is 4.06. The third-order valence-corrected chi connectivity index (χ3v) is 3.34. The number of benzene rings is 2. The molecule has 0 aliphatic heterocycles. The van der Waals surface area contributed by atoms with Crippen LogP contribution in [-0.2, 0) is 6.54 Å². The van der Waals surface area contributed by atoms with Crippen LogP contribution in [0, 0.1) is 0 Å². The molecule has 98 valence electrons. The average molecular weight is 321 g/mol. The van der Waals surface area contributed by atoms with E-state index in [4.69, 9.17) is 10.8 Å². The first kappa shape index (κ1) is 13.4. The summed E-state index contributed by atoms with van der Waals surface area (Å²) in [5.74, 6) is 0.0336. The van der Waals surface area contributed by atoms with Gasteiger partial charge in [-0.05, 0) is 51.8 Å². The Hall–Kier alpha value is -2.01. The van der Waals surface area contributed by atoms with E-state index < -0.39 is 0 Å². The summed E-state index contributed by atoms with van der Waals surface area (Å²) in [6.45, 7) is 0.404. The second-order valence-electron chi connectivity index (χ2n) is 4.09. The summed E-state index contributed by atoms with van der Waals surface area (Å²) in [5.41, 5.74) is 7.72. The number of nitrogens with one attached hydrogen (secondary N) is 1. The number of anilines is 1. The molecule has 0 bridgehead atoms. The molecule has 0 aliphatic carbocycles. The van der Waals surface area contributed by atoms with E-state index in [-0.39, 0.29) is 11.7 Å². The fourth-order valence-corrected chi connectivity index (χ4v) is 1.95. The van der Waals surface area contributed by atoms with Gasteiger partial charge >= 0.3 is 0 Å². The summed E-state index contributed by atoms with van der Waals surface area (Å²) in [5, 5.41) is 12.0. The zero-order chi connectivity index (χ0) is 13.8. The topological polar surface area (TPSA) is 75.4 Å². The molecule has 0 aromatic heterocycles. The molecule has 0 unspecified atom stereocenters. The van der Waals surface area contributed by atoms with Crippen molar-refractivity contribution in [1.29, 1.82) is 0 Å². The van der Waals surface area contributed by atoms with E-state index in [9.17, 15) is 4.79 Å². The number of phenols is 1. The first-order valence-corrected chi connectivity index (χ1v) is 6.46. The van der Waals surface area contributed by atoms with Gasteiger partial charge in [0.15, 0.2) is 0 Å². The Balaban J connectivity index is 2.01. The third kappa shape index (κ3) is 3.48. The number of rotatable bonds is 3. The Labute approximate surface area is 119 Å². The second kappa shape index (κ2) is 5.75. The van der Waals surface area contributed by atoms with Gasteiger partial charge in [-0.25, -0.2) is 0 Å². The largest absolute Gasteiger partial charge is 0.508 e. The minimum Gasteiger partial charge on any atom is -0.508 e. The van der Waals surface area contributed by atoms with Crippen LogP contribution >= 0.6 is 15.9 Å². The van der Waals surface area contributed by atoms with Crippen molar-refractivity contribution in [3.63, 3.8) is 0 Å². The van der Waals surface area contributed by atoms with Gasteiger partial charge in [-0.1, -0.05) is 12.1 Å². The summed E-state index contributed by atoms with van der Waals surface area (Å²) in [6.07, 6.45) is 0. The maximum Gasteiger partial charge on any atom is 0.251 e. The Morgan fingerprint density at radius 3 is 2.53 bits per heavy atom. The number of nitrogens with two attached hydrogens (primary N) is 1. The molecule has 0 heterocycles. The Bertz CT molecular complexity index is 597. The zero-order valence-electron chi connectivity index (χ0n) is 10.1. The predicted molar refractivity (Wildman–Crippen MR) is 77.8 cm³/mol. The van der Waals surface area contributed by atoms with E-state index in [1.165, 1.54) is 0 Å². The summed E-state index contributed by atoms with van der Waals surface area (Å²) >= 11 is 3.29. The van der Waals surface area contributed by atoms with Crippen molar-refractivity contribution in [2.45, 2.75) is 6.54 Å². The van der Waals surface area contributed by atoms with Gasteiger partial charge in [0.25, 0.3) is 5.91 Å². The van der Waals surface area contributed by atoms with Crippen molar-refractivity contribution in [2.24, 2.45) is 0 Å². The molecule has 0 saturated heterocycles. The van der Waals surface area contributed by atoms with Crippen molar-refractivity contribution in [2.75, 3.05) is 5.73 Å². The van der Waals surface area contributed by atoms with Crippen LogP contribution in [0.15, 0.2) is 46.9 Å². The van der Waals surface area contributed by atoms with E-state index in [0.29, 0.717) is 22.3 Å². The SMILES string of the molecule is Nc1ccc(C(=O)NCc2ccc(O)cc2)cc1Br. The first-order valence-electron chi connectivity index (χ1n) is 5.67. The first-order chi connectivity index (χ1) is 9.06. The Morgan fingerprint density at radius 1 is 1.21 bits per heavy atom. The highest BCUT2D eigenvalue weighted by molar-refractivity contribution is 9.10. The molecule has 4 nitrogen and oxygen atoms in total. The molecule has 0 fully saturated rings. The van der Waals surface area contributed by atoms with Crippen molar-refractivity contribution in [3.05, 3.63) is 58.1 Å². The monoisotopic (exact) mass is 320 g/mol. The normalized spacial score (nSPS) is 10.2. The lowest BCUT2D eigenvalue weighted by Gasteiger charge is -2.07. The number of carbonyl (C=O) groups excluding carboxylic acids is 1. The highest BCUT2D eigenvalue weighted by atomic mass is 79.9. The zero-order valence-corrected chi connectivity index (χ0v) is 11.6. The van der Waals surface area contributed by atoms with Crippen LogP contribution in [-0.4, -0.2) is 11.0 Å². The molecular formula is C14H13BrN2O2. The molecule has 0 spiro atoms. The number of hydrogen-bond donors (Lipinski definition) is 3. The van der Waals surface area contributed by atoms with Gasteiger partial charge in [0.2, 0.25) is 0 Å². The number of carbonyl (C=O) groups is 1. The van der Waals surface area contributed by atoms with Crippen molar-refractivity contribution in [3.8, 4) is 5.75 Å². The lowest BCUT2D eigenvalue weighted by Crippen LogP contribution is -2.22. The summed E-state index contributed by atoms with van der Waals surface area (Å²) in [6, 6.07) is 11.7. The van der Waals surface area contributed by atoms with Gasteiger partial charge in [0.1, 0.15) is 5.75 Å². The maximum absolute atomic E-state index is 11.9. The lowest BCUT2D eigenvalue weighted by atomic mass is 10.2. The van der Waals surface area contributed by atoms with E-state index >= 15 is 0 Å². The number of halogens is 1. The number of nitrogen functional groups attached to an aromatic ring is 1. The molecule has 1 amide bonds. The van der Waals surface area contributed by atoms with Crippen LogP contribution in [0.3, 0.4) is 0 Å². The van der Waals surface area contributed by atoms with Gasteiger partial charge in [0, 0.05) is 22.3 Å². The maximum atomic E-state index is 11.9. The standard InChI is InChI=1S/C14H13BrN2O2/c15-12-7-10(3-6-13(12)16)14(19)17-8-9-1-4-11(18)5-2-9/h1-7,18H,8,16H2,(H,17,19). The number of phenolic OH excluding ortho intramolecular Hbond substituents is 1. The smallest absolute Gasteiger partial charge is 0.251 e. The molecule has 2 aromatic carbocycles. The van der Waals surface area contributed by atoms with E-state index in [1.807, 2.05) is 0 Å². The molecule has 2 rings (SSSR count). The quantitative estimate of drug-likeness (QED) is 0.761. The average Bonchev–Trinajstić information content (AvgIpc) is 2.41. The minimum atomic E-state index is -0.172. The van der Waals surface area contributed by atoms with Crippen LogP contribution < -0.4 is 11.1 Å². The molecule has 0 saturated carbocycles. The van der Waals surface area contributed by atoms with Crippen molar-refractivity contribution in [1.82, 2.24) is 5.32 Å². The Morgan fingerprint density at radius 2 is 1.89 bits per heavy atom. The third-order valence-electron chi connectivity index (χ3n) is 2.65. The predicted octanol–water partition coefficient (Wildman–Crippen LogP) is 2.67. The van der Waals surface area contributed by atoms with Crippen LogP contribution in [0.25, 0.3) is 0 Å². The molecule has 4 N–H and O–H groups in total. The van der Waals surface area contributed by atoms with E-state index in [1.54, 1.807) is 42.5 Å². The highest BCUT2D eigenvalue weighted by Gasteiger charge is 2.07. The molecule has 5 heteroatoms.